The lowest BCUT2D eigenvalue weighted by Gasteiger charge is -2.29. The van der Waals surface area contributed by atoms with E-state index in [-0.39, 0.29) is 12.5 Å². The van der Waals surface area contributed by atoms with Gasteiger partial charge in [-0.15, -0.1) is 0 Å². The molecule has 0 bridgehead atoms. The zero-order chi connectivity index (χ0) is 12.0. The van der Waals surface area contributed by atoms with Crippen LogP contribution in [-0.2, 0) is 9.53 Å². The van der Waals surface area contributed by atoms with Crippen molar-refractivity contribution in [2.24, 2.45) is 0 Å². The van der Waals surface area contributed by atoms with E-state index in [1.165, 1.54) is 0 Å². The van der Waals surface area contributed by atoms with Crippen LogP contribution in [0.5, 0.6) is 0 Å². The number of aliphatic carboxylic acids is 1. The largest absolute Gasteiger partial charge is 0.481 e. The van der Waals surface area contributed by atoms with Crippen molar-refractivity contribution in [3.8, 4) is 0 Å². The molecule has 1 saturated heterocycles. The van der Waals surface area contributed by atoms with Gasteiger partial charge in [0.05, 0.1) is 13.0 Å². The zero-order valence-corrected chi connectivity index (χ0v) is 10.2. The third kappa shape index (κ3) is 4.47. The molecule has 94 valence electrons. The summed E-state index contributed by atoms with van der Waals surface area (Å²) in [6.45, 7) is 4.32. The third-order valence-electron chi connectivity index (χ3n) is 3.02. The summed E-state index contributed by atoms with van der Waals surface area (Å²) in [5.74, 6) is -0.720. The van der Waals surface area contributed by atoms with Crippen molar-refractivity contribution in [3.05, 3.63) is 0 Å². The predicted molar refractivity (Wildman–Crippen MR) is 61.6 cm³/mol. The van der Waals surface area contributed by atoms with Crippen LogP contribution in [0.2, 0.25) is 0 Å². The molecular formula is C11H22N2O3. The van der Waals surface area contributed by atoms with Gasteiger partial charge in [0, 0.05) is 26.2 Å². The van der Waals surface area contributed by atoms with E-state index in [0.29, 0.717) is 6.61 Å². The molecule has 1 fully saturated rings. The van der Waals surface area contributed by atoms with Gasteiger partial charge in [0.25, 0.3) is 0 Å². The minimum Gasteiger partial charge on any atom is -0.481 e. The van der Waals surface area contributed by atoms with Crippen LogP contribution in [-0.4, -0.2) is 73.9 Å². The second-order valence-electron chi connectivity index (χ2n) is 4.40. The summed E-state index contributed by atoms with van der Waals surface area (Å²) in [4.78, 5) is 15.3. The first kappa shape index (κ1) is 13.4. The van der Waals surface area contributed by atoms with Gasteiger partial charge in [-0.1, -0.05) is 0 Å². The lowest BCUT2D eigenvalue weighted by atomic mass is 10.1. The van der Waals surface area contributed by atoms with E-state index in [1.807, 2.05) is 0 Å². The Morgan fingerprint density at radius 1 is 1.50 bits per heavy atom. The van der Waals surface area contributed by atoms with Crippen molar-refractivity contribution in [1.29, 1.82) is 0 Å². The second-order valence-corrected chi connectivity index (χ2v) is 4.40. The molecule has 1 heterocycles. The van der Waals surface area contributed by atoms with Crippen LogP contribution in [0.15, 0.2) is 0 Å². The van der Waals surface area contributed by atoms with Crippen molar-refractivity contribution in [3.63, 3.8) is 0 Å². The Kier molecular flexibility index (Phi) is 5.73. The Morgan fingerprint density at radius 3 is 2.88 bits per heavy atom. The molecule has 1 unspecified atom stereocenters. The number of rotatable bonds is 5. The lowest BCUT2D eigenvalue weighted by Crippen LogP contribution is -2.43. The van der Waals surface area contributed by atoms with E-state index in [2.05, 4.69) is 16.8 Å². The number of hydrogen-bond donors (Lipinski definition) is 1. The molecule has 0 saturated carbocycles. The smallest absolute Gasteiger partial charge is 0.304 e. The molecule has 1 atom stereocenters. The molecule has 5 heteroatoms. The molecular weight excluding hydrogens is 208 g/mol. The van der Waals surface area contributed by atoms with Crippen molar-refractivity contribution in [1.82, 2.24) is 9.80 Å². The average molecular weight is 230 g/mol. The van der Waals surface area contributed by atoms with Crippen molar-refractivity contribution < 1.29 is 14.6 Å². The van der Waals surface area contributed by atoms with E-state index in [1.54, 1.807) is 7.11 Å². The summed E-state index contributed by atoms with van der Waals surface area (Å²) < 4.78 is 5.06. The Labute approximate surface area is 97.0 Å². The van der Waals surface area contributed by atoms with Crippen LogP contribution < -0.4 is 0 Å². The number of nitrogens with zero attached hydrogens (tertiary/aromatic N) is 2. The maximum Gasteiger partial charge on any atom is 0.304 e. The van der Waals surface area contributed by atoms with Crippen LogP contribution in [0.3, 0.4) is 0 Å². The van der Waals surface area contributed by atoms with Gasteiger partial charge in [0.1, 0.15) is 0 Å². The molecule has 0 spiro atoms. The van der Waals surface area contributed by atoms with Gasteiger partial charge in [-0.25, -0.2) is 0 Å². The SMILES string of the molecule is COCCN1CCCN(C)CC1CC(=O)O. The highest BCUT2D eigenvalue weighted by Gasteiger charge is 2.24. The molecule has 5 nitrogen and oxygen atoms in total. The van der Waals surface area contributed by atoms with Crippen LogP contribution in [0.1, 0.15) is 12.8 Å². The summed E-state index contributed by atoms with van der Waals surface area (Å²) in [5, 5.41) is 8.91. The van der Waals surface area contributed by atoms with E-state index >= 15 is 0 Å². The molecule has 1 aliphatic rings. The predicted octanol–water partition coefficient (Wildman–Crippen LogP) is 0.114. The molecule has 0 radical (unpaired) electrons. The van der Waals surface area contributed by atoms with Crippen LogP contribution in [0, 0.1) is 0 Å². The number of carboxylic acid groups (broad SMARTS) is 1. The number of carboxylic acids is 1. The molecule has 16 heavy (non-hydrogen) atoms. The Balaban J connectivity index is 2.55. The average Bonchev–Trinajstić information content (AvgIpc) is 2.36. The van der Waals surface area contributed by atoms with Crippen LogP contribution >= 0.6 is 0 Å². The monoisotopic (exact) mass is 230 g/mol. The number of likely N-dealkylation sites (N-methyl/N-ethyl adjacent to an activating group) is 1. The number of hydrogen-bond acceptors (Lipinski definition) is 4. The summed E-state index contributed by atoms with van der Waals surface area (Å²) in [6, 6.07) is 0.111. The maximum absolute atomic E-state index is 10.8. The van der Waals surface area contributed by atoms with Gasteiger partial charge < -0.3 is 14.7 Å². The van der Waals surface area contributed by atoms with Crippen molar-refractivity contribution in [2.45, 2.75) is 18.9 Å². The first-order valence-corrected chi connectivity index (χ1v) is 5.77. The first-order chi connectivity index (χ1) is 7.63. The Hall–Kier alpha value is -0.650. The Bertz CT molecular complexity index is 221. The minimum absolute atomic E-state index is 0.111. The van der Waals surface area contributed by atoms with Gasteiger partial charge >= 0.3 is 5.97 Å². The molecule has 1 rings (SSSR count). The minimum atomic E-state index is -0.720. The molecule has 0 aromatic rings. The lowest BCUT2D eigenvalue weighted by molar-refractivity contribution is -0.138. The van der Waals surface area contributed by atoms with Crippen LogP contribution in [0.25, 0.3) is 0 Å². The zero-order valence-electron chi connectivity index (χ0n) is 10.2. The Morgan fingerprint density at radius 2 is 2.25 bits per heavy atom. The molecule has 0 aromatic heterocycles. The fraction of sp³-hybridized carbons (Fsp3) is 0.909. The van der Waals surface area contributed by atoms with Gasteiger partial charge in [-0.2, -0.15) is 0 Å². The van der Waals surface area contributed by atoms with Crippen LogP contribution in [0.4, 0.5) is 0 Å². The summed E-state index contributed by atoms with van der Waals surface area (Å²) in [6.07, 6.45) is 1.31. The fourth-order valence-corrected chi connectivity index (χ4v) is 2.19. The fourth-order valence-electron chi connectivity index (χ4n) is 2.19. The quantitative estimate of drug-likeness (QED) is 0.726. The van der Waals surface area contributed by atoms with Crippen molar-refractivity contribution >= 4 is 5.97 Å². The molecule has 0 amide bonds. The highest BCUT2D eigenvalue weighted by atomic mass is 16.5. The second kappa shape index (κ2) is 6.83. The first-order valence-electron chi connectivity index (χ1n) is 5.77. The normalized spacial score (nSPS) is 24.2. The topological polar surface area (TPSA) is 53.0 Å². The van der Waals surface area contributed by atoms with Gasteiger partial charge in [0.2, 0.25) is 0 Å². The van der Waals surface area contributed by atoms with E-state index in [9.17, 15) is 4.79 Å². The number of methoxy groups -OCH3 is 1. The number of carbonyl (C=O) groups is 1. The highest BCUT2D eigenvalue weighted by molar-refractivity contribution is 5.67. The third-order valence-corrected chi connectivity index (χ3v) is 3.02. The standard InChI is InChI=1S/C11H22N2O3/c1-12-4-3-5-13(6-7-16-2)10(9-12)8-11(14)15/h10H,3-9H2,1-2H3,(H,14,15). The van der Waals surface area contributed by atoms with Gasteiger partial charge in [-0.3, -0.25) is 9.69 Å². The maximum atomic E-state index is 10.8. The highest BCUT2D eigenvalue weighted by Crippen LogP contribution is 2.11. The molecule has 0 aromatic carbocycles. The van der Waals surface area contributed by atoms with E-state index in [0.717, 1.165) is 32.6 Å². The number of ether oxygens (including phenoxy) is 1. The molecule has 1 N–H and O–H groups in total. The summed E-state index contributed by atoms with van der Waals surface area (Å²) in [7, 11) is 3.73. The molecule has 0 aliphatic carbocycles. The van der Waals surface area contributed by atoms with E-state index < -0.39 is 5.97 Å². The van der Waals surface area contributed by atoms with E-state index in [4.69, 9.17) is 9.84 Å². The van der Waals surface area contributed by atoms with Gasteiger partial charge in [-0.05, 0) is 26.6 Å². The summed E-state index contributed by atoms with van der Waals surface area (Å²) >= 11 is 0. The molecule has 1 aliphatic heterocycles. The van der Waals surface area contributed by atoms with Crippen molar-refractivity contribution in [2.75, 3.05) is 46.9 Å². The van der Waals surface area contributed by atoms with Gasteiger partial charge in [0.15, 0.2) is 0 Å². The summed E-state index contributed by atoms with van der Waals surface area (Å²) in [5.41, 5.74) is 0.